The third kappa shape index (κ3) is 1.65. The van der Waals surface area contributed by atoms with E-state index in [-0.39, 0.29) is 0 Å². The number of aryl methyl sites for hydroxylation is 2. The van der Waals surface area contributed by atoms with E-state index in [9.17, 15) is 0 Å². The van der Waals surface area contributed by atoms with E-state index in [0.717, 1.165) is 29.9 Å². The van der Waals surface area contributed by atoms with Crippen LogP contribution >= 0.6 is 0 Å². The predicted octanol–water partition coefficient (Wildman–Crippen LogP) is 2.05. The van der Waals surface area contributed by atoms with E-state index in [2.05, 4.69) is 35.2 Å². The highest BCUT2D eigenvalue weighted by molar-refractivity contribution is 5.76. The van der Waals surface area contributed by atoms with Crippen LogP contribution in [0.15, 0.2) is 24.4 Å². The van der Waals surface area contributed by atoms with Crippen LogP contribution in [0.5, 0.6) is 0 Å². The smallest absolute Gasteiger partial charge is 0.129 e. The van der Waals surface area contributed by atoms with Crippen LogP contribution in [-0.4, -0.2) is 23.4 Å². The highest BCUT2D eigenvalue weighted by Gasteiger charge is 2.15. The highest BCUT2D eigenvalue weighted by Crippen LogP contribution is 2.32. The molecule has 2 aromatic rings. The molecule has 0 radical (unpaired) electrons. The average molecular weight is 242 g/mol. The van der Waals surface area contributed by atoms with Crippen LogP contribution in [0.25, 0.3) is 11.1 Å². The minimum absolute atomic E-state index is 0.721. The molecule has 0 saturated heterocycles. The Bertz CT molecular complexity index is 585. The van der Waals surface area contributed by atoms with Gasteiger partial charge in [0.1, 0.15) is 5.82 Å². The van der Waals surface area contributed by atoms with Crippen LogP contribution in [0.1, 0.15) is 12.0 Å². The summed E-state index contributed by atoms with van der Waals surface area (Å²) in [4.78, 5) is 2.31. The second kappa shape index (κ2) is 4.05. The average Bonchev–Trinajstić information content (AvgIpc) is 2.70. The fourth-order valence-electron chi connectivity index (χ4n) is 2.62. The number of nitrogens with two attached hydrogens (primary N) is 1. The molecule has 1 aromatic heterocycles. The summed E-state index contributed by atoms with van der Waals surface area (Å²) in [6, 6.07) is 6.57. The van der Waals surface area contributed by atoms with Crippen molar-refractivity contribution in [3.05, 3.63) is 30.0 Å². The quantitative estimate of drug-likeness (QED) is 0.832. The van der Waals surface area contributed by atoms with Gasteiger partial charge in [0.05, 0.1) is 6.20 Å². The molecule has 4 nitrogen and oxygen atoms in total. The largest absolute Gasteiger partial charge is 0.383 e. The number of hydrogen-bond donors (Lipinski definition) is 1. The maximum Gasteiger partial charge on any atom is 0.129 e. The summed E-state index contributed by atoms with van der Waals surface area (Å²) in [6.07, 6.45) is 4.20. The zero-order valence-electron chi connectivity index (χ0n) is 10.8. The Labute approximate surface area is 107 Å². The van der Waals surface area contributed by atoms with Gasteiger partial charge in [-0.3, -0.25) is 4.68 Å². The number of benzene rings is 1. The third-order valence-corrected chi connectivity index (χ3v) is 3.73. The van der Waals surface area contributed by atoms with Gasteiger partial charge in [-0.2, -0.15) is 5.10 Å². The molecule has 1 aromatic carbocycles. The van der Waals surface area contributed by atoms with E-state index in [4.69, 9.17) is 5.73 Å². The van der Waals surface area contributed by atoms with Crippen molar-refractivity contribution in [3.8, 4) is 11.1 Å². The molecule has 0 aliphatic carbocycles. The maximum absolute atomic E-state index is 6.03. The first-order chi connectivity index (χ1) is 8.66. The van der Waals surface area contributed by atoms with Gasteiger partial charge in [0, 0.05) is 31.9 Å². The second-order valence-electron chi connectivity index (χ2n) is 4.94. The molecular formula is C14H18N4. The van der Waals surface area contributed by atoms with E-state index in [1.807, 2.05) is 13.2 Å². The normalized spacial score (nSPS) is 14.7. The molecule has 3 rings (SSSR count). The molecule has 2 heterocycles. The molecule has 0 saturated carbocycles. The maximum atomic E-state index is 6.03. The Morgan fingerprint density at radius 2 is 2.11 bits per heavy atom. The minimum Gasteiger partial charge on any atom is -0.383 e. The lowest BCUT2D eigenvalue weighted by molar-refractivity contribution is 0.745. The zero-order chi connectivity index (χ0) is 12.7. The highest BCUT2D eigenvalue weighted by atomic mass is 15.3. The SMILES string of the molecule is CN1CCCc2cc(-c3cnn(C)c3N)ccc21. The van der Waals surface area contributed by atoms with Gasteiger partial charge in [-0.25, -0.2) is 0 Å². The van der Waals surface area contributed by atoms with Crippen molar-refractivity contribution in [3.63, 3.8) is 0 Å². The number of anilines is 2. The van der Waals surface area contributed by atoms with Gasteiger partial charge >= 0.3 is 0 Å². The third-order valence-electron chi connectivity index (χ3n) is 3.73. The van der Waals surface area contributed by atoms with Gasteiger partial charge in [-0.1, -0.05) is 6.07 Å². The molecule has 0 spiro atoms. The van der Waals surface area contributed by atoms with Crippen molar-refractivity contribution >= 4 is 11.5 Å². The first-order valence-corrected chi connectivity index (χ1v) is 6.29. The van der Waals surface area contributed by atoms with Crippen molar-refractivity contribution in [1.82, 2.24) is 9.78 Å². The molecule has 0 atom stereocenters. The predicted molar refractivity (Wildman–Crippen MR) is 74.6 cm³/mol. The Morgan fingerprint density at radius 1 is 1.28 bits per heavy atom. The summed E-state index contributed by atoms with van der Waals surface area (Å²) in [7, 11) is 4.01. The molecule has 1 aliphatic rings. The Morgan fingerprint density at radius 3 is 2.83 bits per heavy atom. The van der Waals surface area contributed by atoms with E-state index < -0.39 is 0 Å². The summed E-state index contributed by atoms with van der Waals surface area (Å²) >= 11 is 0. The van der Waals surface area contributed by atoms with Crippen LogP contribution in [-0.2, 0) is 13.5 Å². The summed E-state index contributed by atoms with van der Waals surface area (Å²) in [5.74, 6) is 0.721. The van der Waals surface area contributed by atoms with Crippen molar-refractivity contribution < 1.29 is 0 Å². The summed E-state index contributed by atoms with van der Waals surface area (Å²) in [5, 5.41) is 4.20. The van der Waals surface area contributed by atoms with Crippen LogP contribution < -0.4 is 10.6 Å². The summed E-state index contributed by atoms with van der Waals surface area (Å²) in [5.41, 5.74) is 11.0. The van der Waals surface area contributed by atoms with Crippen LogP contribution in [0.4, 0.5) is 11.5 Å². The molecule has 0 unspecified atom stereocenters. The van der Waals surface area contributed by atoms with Gasteiger partial charge in [0.2, 0.25) is 0 Å². The monoisotopic (exact) mass is 242 g/mol. The molecule has 94 valence electrons. The summed E-state index contributed by atoms with van der Waals surface area (Å²) < 4.78 is 1.71. The minimum atomic E-state index is 0.721. The van der Waals surface area contributed by atoms with E-state index in [1.54, 1.807) is 4.68 Å². The van der Waals surface area contributed by atoms with Crippen molar-refractivity contribution in [2.45, 2.75) is 12.8 Å². The Kier molecular flexibility index (Phi) is 2.51. The van der Waals surface area contributed by atoms with Crippen LogP contribution in [0.2, 0.25) is 0 Å². The van der Waals surface area contributed by atoms with E-state index >= 15 is 0 Å². The zero-order valence-corrected chi connectivity index (χ0v) is 10.8. The molecule has 0 bridgehead atoms. The van der Waals surface area contributed by atoms with Crippen LogP contribution in [0, 0.1) is 0 Å². The molecule has 1 aliphatic heterocycles. The topological polar surface area (TPSA) is 47.1 Å². The first-order valence-electron chi connectivity index (χ1n) is 6.29. The second-order valence-corrected chi connectivity index (χ2v) is 4.94. The Balaban J connectivity index is 2.07. The number of fused-ring (bicyclic) bond motifs is 1. The van der Waals surface area contributed by atoms with Crippen molar-refractivity contribution in [2.75, 3.05) is 24.2 Å². The molecule has 0 amide bonds. The fourth-order valence-corrected chi connectivity index (χ4v) is 2.62. The van der Waals surface area contributed by atoms with E-state index in [0.29, 0.717) is 0 Å². The molecular weight excluding hydrogens is 224 g/mol. The fraction of sp³-hybridized carbons (Fsp3) is 0.357. The van der Waals surface area contributed by atoms with Crippen molar-refractivity contribution in [2.24, 2.45) is 7.05 Å². The number of aromatic nitrogens is 2. The van der Waals surface area contributed by atoms with Crippen LogP contribution in [0.3, 0.4) is 0 Å². The summed E-state index contributed by atoms with van der Waals surface area (Å²) in [6.45, 7) is 1.14. The van der Waals surface area contributed by atoms with Gasteiger partial charge in [-0.05, 0) is 36.1 Å². The molecule has 18 heavy (non-hydrogen) atoms. The molecule has 2 N–H and O–H groups in total. The van der Waals surface area contributed by atoms with E-state index in [1.165, 1.54) is 17.7 Å². The lowest BCUT2D eigenvalue weighted by Crippen LogP contribution is -2.24. The van der Waals surface area contributed by atoms with Gasteiger partial charge in [-0.15, -0.1) is 0 Å². The van der Waals surface area contributed by atoms with Gasteiger partial charge in [0.25, 0.3) is 0 Å². The van der Waals surface area contributed by atoms with Gasteiger partial charge in [0.15, 0.2) is 0 Å². The first kappa shape index (κ1) is 11.1. The number of rotatable bonds is 1. The molecule has 0 fully saturated rings. The number of nitrogens with zero attached hydrogens (tertiary/aromatic N) is 3. The lowest BCUT2D eigenvalue weighted by Gasteiger charge is -2.27. The number of nitrogen functional groups attached to an aromatic ring is 1. The Hall–Kier alpha value is -1.97. The lowest BCUT2D eigenvalue weighted by atomic mass is 9.97. The number of hydrogen-bond acceptors (Lipinski definition) is 3. The standard InChI is InChI=1S/C14H18N4/c1-17-7-3-4-11-8-10(5-6-13(11)17)12-9-16-18(2)14(12)15/h5-6,8-9H,3-4,7,15H2,1-2H3. The van der Waals surface area contributed by atoms with Gasteiger partial charge < -0.3 is 10.6 Å². The molecule has 4 heteroatoms. The van der Waals surface area contributed by atoms with Crippen molar-refractivity contribution in [1.29, 1.82) is 0 Å².